The Morgan fingerprint density at radius 3 is 2.46 bits per heavy atom. The lowest BCUT2D eigenvalue weighted by molar-refractivity contribution is -0.137. The van der Waals surface area contributed by atoms with E-state index >= 15 is 0 Å². The number of hydrogen-bond donors (Lipinski definition) is 2. The molecule has 0 saturated carbocycles. The molecule has 2 fully saturated rings. The number of aliphatic hydroxyl groups is 1. The minimum absolute atomic E-state index is 0.105. The normalized spacial score (nSPS) is 19.3. The molecule has 2 saturated heterocycles. The number of piperidine rings is 1. The summed E-state index contributed by atoms with van der Waals surface area (Å²) in [6, 6.07) is 5.57. The van der Waals surface area contributed by atoms with Crippen molar-refractivity contribution in [1.82, 2.24) is 9.80 Å². The molecule has 2 N–H and O–H groups in total. The average molecular weight is 631 g/mol. The first kappa shape index (κ1) is 27.5. The van der Waals surface area contributed by atoms with Gasteiger partial charge in [-0.25, -0.2) is 18.0 Å². The maximum atomic E-state index is 14.8. The first-order chi connectivity index (χ1) is 17.3. The molecule has 0 bridgehead atoms. The quantitative estimate of drug-likeness (QED) is 0.441. The third-order valence-electron chi connectivity index (χ3n) is 6.48. The summed E-state index contributed by atoms with van der Waals surface area (Å²) in [4.78, 5) is 28.9. The minimum Gasteiger partial charge on any atom is -0.444 e. The van der Waals surface area contributed by atoms with Gasteiger partial charge in [-0.1, -0.05) is 0 Å². The van der Waals surface area contributed by atoms with Crippen molar-refractivity contribution < 1.29 is 32.6 Å². The lowest BCUT2D eigenvalue weighted by atomic mass is 9.80. The monoisotopic (exact) mass is 631 g/mol. The summed E-state index contributed by atoms with van der Waals surface area (Å²) >= 11 is 1.92. The summed E-state index contributed by atoms with van der Waals surface area (Å²) in [6.45, 7) is 5.50. The highest BCUT2D eigenvalue weighted by Gasteiger charge is 2.53. The number of amides is 2. The van der Waals surface area contributed by atoms with Crippen molar-refractivity contribution in [2.45, 2.75) is 57.3 Å². The maximum absolute atomic E-state index is 14.8. The van der Waals surface area contributed by atoms with E-state index in [4.69, 9.17) is 4.74 Å². The molecule has 11 heteroatoms. The van der Waals surface area contributed by atoms with Gasteiger partial charge in [0.25, 0.3) is 5.91 Å². The third-order valence-corrected chi connectivity index (χ3v) is 7.15. The fourth-order valence-electron chi connectivity index (χ4n) is 4.75. The highest BCUT2D eigenvalue weighted by Crippen LogP contribution is 2.37. The zero-order chi connectivity index (χ0) is 27.1. The van der Waals surface area contributed by atoms with Gasteiger partial charge in [0.05, 0.1) is 36.1 Å². The van der Waals surface area contributed by atoms with E-state index in [-0.39, 0.29) is 24.3 Å². The summed E-state index contributed by atoms with van der Waals surface area (Å²) in [5.41, 5.74) is -2.88. The summed E-state index contributed by atoms with van der Waals surface area (Å²) in [5, 5.41) is 13.9. The zero-order valence-corrected chi connectivity index (χ0v) is 22.9. The van der Waals surface area contributed by atoms with Gasteiger partial charge in [0.15, 0.2) is 11.6 Å². The second kappa shape index (κ2) is 10.3. The van der Waals surface area contributed by atoms with Crippen LogP contribution in [-0.4, -0.2) is 63.8 Å². The number of nitrogens with zero attached hydrogens (tertiary/aromatic N) is 2. The molecule has 0 aromatic heterocycles. The SMILES string of the molecule is CC(C)(C)OC(=O)N1CCCC[C@H]1C1(O)CN(C(=O)c2ccc(F)c(F)c2Nc2ccc(I)cc2F)C1. The molecule has 1 atom stereocenters. The minimum atomic E-state index is -1.37. The van der Waals surface area contributed by atoms with Crippen LogP contribution >= 0.6 is 22.6 Å². The Kier molecular flexibility index (Phi) is 7.67. The van der Waals surface area contributed by atoms with E-state index in [9.17, 15) is 27.9 Å². The Morgan fingerprint density at radius 2 is 1.81 bits per heavy atom. The molecule has 2 aromatic carbocycles. The van der Waals surface area contributed by atoms with Crippen molar-refractivity contribution in [2.24, 2.45) is 0 Å². The fraction of sp³-hybridized carbons (Fsp3) is 0.462. The van der Waals surface area contributed by atoms with Crippen LogP contribution in [0.1, 0.15) is 50.4 Å². The number of hydrogen-bond acceptors (Lipinski definition) is 5. The van der Waals surface area contributed by atoms with E-state index in [0.29, 0.717) is 16.5 Å². The molecular weight excluding hydrogens is 602 g/mol. The van der Waals surface area contributed by atoms with E-state index in [1.54, 1.807) is 26.8 Å². The molecule has 2 aliphatic heterocycles. The van der Waals surface area contributed by atoms with Gasteiger partial charge in [-0.2, -0.15) is 0 Å². The topological polar surface area (TPSA) is 82.1 Å². The molecule has 4 rings (SSSR count). The summed E-state index contributed by atoms with van der Waals surface area (Å²) < 4.78 is 49.4. The molecule has 2 aromatic rings. The van der Waals surface area contributed by atoms with Gasteiger partial charge in [0.1, 0.15) is 17.0 Å². The number of anilines is 2. The second-order valence-corrected chi connectivity index (χ2v) is 11.7. The zero-order valence-electron chi connectivity index (χ0n) is 20.8. The van der Waals surface area contributed by atoms with E-state index < -0.39 is 52.4 Å². The highest BCUT2D eigenvalue weighted by molar-refractivity contribution is 14.1. The molecular formula is C26H29F3IN3O4. The van der Waals surface area contributed by atoms with Crippen LogP contribution in [0.2, 0.25) is 0 Å². The number of carbonyl (C=O) groups is 2. The molecule has 2 heterocycles. The van der Waals surface area contributed by atoms with E-state index in [2.05, 4.69) is 5.32 Å². The van der Waals surface area contributed by atoms with Crippen molar-refractivity contribution >= 4 is 46.0 Å². The maximum Gasteiger partial charge on any atom is 0.410 e. The lowest BCUT2D eigenvalue weighted by Crippen LogP contribution is -2.73. The first-order valence-corrected chi connectivity index (χ1v) is 13.1. The molecule has 0 unspecified atom stereocenters. The van der Waals surface area contributed by atoms with Crippen LogP contribution in [0.25, 0.3) is 0 Å². The van der Waals surface area contributed by atoms with Gasteiger partial charge >= 0.3 is 6.09 Å². The predicted octanol–water partition coefficient (Wildman–Crippen LogP) is 5.43. The highest BCUT2D eigenvalue weighted by atomic mass is 127. The molecule has 200 valence electrons. The Morgan fingerprint density at radius 1 is 1.11 bits per heavy atom. The van der Waals surface area contributed by atoms with Gasteiger partial charge in [-0.05, 0) is 93.0 Å². The van der Waals surface area contributed by atoms with Crippen LogP contribution in [0.5, 0.6) is 0 Å². The molecule has 2 amide bonds. The number of likely N-dealkylation sites (tertiary alicyclic amines) is 2. The van der Waals surface area contributed by atoms with Crippen molar-refractivity contribution in [3.05, 3.63) is 56.9 Å². The largest absolute Gasteiger partial charge is 0.444 e. The number of halogens is 4. The number of nitrogens with one attached hydrogen (secondary N) is 1. The Balaban J connectivity index is 1.54. The van der Waals surface area contributed by atoms with Crippen molar-refractivity contribution in [3.63, 3.8) is 0 Å². The molecule has 7 nitrogen and oxygen atoms in total. The van der Waals surface area contributed by atoms with Crippen molar-refractivity contribution in [3.8, 4) is 0 Å². The van der Waals surface area contributed by atoms with Crippen LogP contribution in [0.4, 0.5) is 29.3 Å². The molecule has 2 aliphatic rings. The molecule has 0 aliphatic carbocycles. The van der Waals surface area contributed by atoms with Gasteiger partial charge in [-0.3, -0.25) is 4.79 Å². The Bertz CT molecular complexity index is 1210. The van der Waals surface area contributed by atoms with Crippen LogP contribution in [-0.2, 0) is 4.74 Å². The standard InChI is InChI=1S/C26H29F3IN3O4/c1-25(2,3)37-24(35)33-11-5-4-6-20(33)26(36)13-32(14-26)23(34)16-8-9-17(27)21(29)22(16)31-19-10-7-15(30)12-18(19)28/h7-10,12,20,31,36H,4-6,11,13-14H2,1-3H3/t20-/m0/s1. The molecule has 37 heavy (non-hydrogen) atoms. The smallest absolute Gasteiger partial charge is 0.410 e. The Labute approximate surface area is 227 Å². The van der Waals surface area contributed by atoms with Crippen LogP contribution < -0.4 is 5.32 Å². The summed E-state index contributed by atoms with van der Waals surface area (Å²) in [6.07, 6.45) is 1.59. The third kappa shape index (κ3) is 5.82. The Hall–Kier alpha value is -2.54. The van der Waals surface area contributed by atoms with Gasteiger partial charge in [0, 0.05) is 10.1 Å². The molecule has 0 spiro atoms. The average Bonchev–Trinajstić information content (AvgIpc) is 2.80. The van der Waals surface area contributed by atoms with Gasteiger partial charge in [-0.15, -0.1) is 0 Å². The molecule has 0 radical (unpaired) electrons. The van der Waals surface area contributed by atoms with Crippen LogP contribution in [0, 0.1) is 21.0 Å². The van der Waals surface area contributed by atoms with Crippen molar-refractivity contribution in [2.75, 3.05) is 25.0 Å². The van der Waals surface area contributed by atoms with Crippen LogP contribution in [0.15, 0.2) is 30.3 Å². The van der Waals surface area contributed by atoms with Crippen molar-refractivity contribution in [1.29, 1.82) is 0 Å². The van der Waals surface area contributed by atoms with Gasteiger partial charge in [0.2, 0.25) is 0 Å². The summed E-state index contributed by atoms with van der Waals surface area (Å²) in [5.74, 6) is -3.85. The number of rotatable bonds is 4. The first-order valence-electron chi connectivity index (χ1n) is 12.0. The number of benzene rings is 2. The number of carbonyl (C=O) groups excluding carboxylic acids is 2. The fourth-order valence-corrected chi connectivity index (χ4v) is 5.20. The van der Waals surface area contributed by atoms with E-state index in [1.165, 1.54) is 21.9 Å². The number of ether oxygens (including phenoxy) is 1. The van der Waals surface area contributed by atoms with Gasteiger partial charge < -0.3 is 25.0 Å². The van der Waals surface area contributed by atoms with E-state index in [0.717, 1.165) is 25.0 Å². The summed E-state index contributed by atoms with van der Waals surface area (Å²) in [7, 11) is 0. The second-order valence-electron chi connectivity index (χ2n) is 10.5. The lowest BCUT2D eigenvalue weighted by Gasteiger charge is -2.54. The van der Waals surface area contributed by atoms with E-state index in [1.807, 2.05) is 22.6 Å². The predicted molar refractivity (Wildman–Crippen MR) is 140 cm³/mol. The number of β-amino-alcohol motifs (C(OH)–C–C–N with tert-alkyl or cyclic N) is 1. The van der Waals surface area contributed by atoms with Crippen LogP contribution in [0.3, 0.4) is 0 Å².